The van der Waals surface area contributed by atoms with E-state index in [4.69, 9.17) is 33.4 Å². The number of phosphoric ester groups is 3. The van der Waals surface area contributed by atoms with Gasteiger partial charge in [-0.05, 0) is 12.8 Å². The molecule has 1 fully saturated rings. The Balaban J connectivity index is 2.51. The van der Waals surface area contributed by atoms with Crippen molar-refractivity contribution in [3.63, 3.8) is 0 Å². The van der Waals surface area contributed by atoms with Crippen molar-refractivity contribution in [3.05, 3.63) is 0 Å². The summed E-state index contributed by atoms with van der Waals surface area (Å²) in [6.45, 7) is 3.17. The number of hydrogen-bond donors (Lipinski definition) is 8. The van der Waals surface area contributed by atoms with Crippen molar-refractivity contribution >= 4 is 29.4 Å². The lowest BCUT2D eigenvalue weighted by molar-refractivity contribution is -0.213. The van der Waals surface area contributed by atoms with Crippen LogP contribution < -0.4 is 0 Å². The minimum absolute atomic E-state index is 0.138. The van der Waals surface area contributed by atoms with E-state index in [0.29, 0.717) is 6.42 Å². The summed E-state index contributed by atoms with van der Waals surface area (Å²) >= 11 is 0. The van der Waals surface area contributed by atoms with Gasteiger partial charge in [-0.15, -0.1) is 0 Å². The Morgan fingerprint density at radius 2 is 1.02 bits per heavy atom. The minimum atomic E-state index is -5.52. The fourth-order valence-electron chi connectivity index (χ4n) is 4.98. The van der Waals surface area contributed by atoms with E-state index in [1.807, 2.05) is 0 Å². The van der Waals surface area contributed by atoms with Gasteiger partial charge in [0.1, 0.15) is 42.7 Å². The maximum Gasteiger partial charge on any atom is 0.472 e. The second-order valence-corrected chi connectivity index (χ2v) is 15.2. The molecule has 8 N–H and O–H groups in total. The van der Waals surface area contributed by atoms with Crippen LogP contribution in [0, 0.1) is 0 Å². The summed E-state index contributed by atoms with van der Waals surface area (Å²) in [5.74, 6) is -0.540. The first-order valence-corrected chi connectivity index (χ1v) is 20.3. The molecule has 0 aromatic rings. The number of unbranched alkanes of at least 4 members (excludes halogenated alkanes) is 12. The first-order valence-electron chi connectivity index (χ1n) is 15.8. The fourth-order valence-corrected chi connectivity index (χ4v) is 7.08. The molecule has 0 aromatic heterocycles. The third kappa shape index (κ3) is 18.4. The first kappa shape index (κ1) is 43.7. The summed E-state index contributed by atoms with van der Waals surface area (Å²) in [6, 6.07) is 0. The zero-order chi connectivity index (χ0) is 35.0. The molecule has 0 saturated heterocycles. The minimum Gasteiger partial charge on any atom is -0.460 e. The SMILES string of the molecule is CCCCCCCCCCCCCCCC(=O)O[C@H](CC)COP(=O)(O)OC1C(O)[C@H](O)C(OP(=O)(O)O)[C@H](OP(=O)(O)O)[C@@H]1O. The van der Waals surface area contributed by atoms with Crippen LogP contribution in [0.5, 0.6) is 0 Å². The summed E-state index contributed by atoms with van der Waals surface area (Å²) in [7, 11) is -16.2. The summed E-state index contributed by atoms with van der Waals surface area (Å²) in [5, 5.41) is 31.1. The number of rotatable bonds is 25. The average molecular weight is 731 g/mol. The van der Waals surface area contributed by atoms with Crippen LogP contribution in [0.4, 0.5) is 0 Å². The number of phosphoric acid groups is 3. The third-order valence-electron chi connectivity index (χ3n) is 7.45. The third-order valence-corrected chi connectivity index (χ3v) is 9.48. The number of esters is 1. The molecule has 0 aliphatic heterocycles. The monoisotopic (exact) mass is 730 g/mol. The lowest BCUT2D eigenvalue weighted by atomic mass is 9.85. The highest BCUT2D eigenvalue weighted by Crippen LogP contribution is 2.51. The zero-order valence-electron chi connectivity index (χ0n) is 26.4. The molecular formula is C26H53O17P3. The Morgan fingerprint density at radius 1 is 0.609 bits per heavy atom. The molecule has 1 aliphatic rings. The summed E-state index contributed by atoms with van der Waals surface area (Å²) in [6.07, 6.45) is -0.233. The van der Waals surface area contributed by atoms with Crippen LogP contribution in [0.3, 0.4) is 0 Å². The second kappa shape index (κ2) is 21.7. The lowest BCUT2D eigenvalue weighted by Crippen LogP contribution is -2.65. The van der Waals surface area contributed by atoms with E-state index in [9.17, 15) is 38.7 Å². The number of aliphatic hydroxyl groups excluding tert-OH is 3. The molecule has 4 unspecified atom stereocenters. The summed E-state index contributed by atoms with van der Waals surface area (Å²) in [4.78, 5) is 58.9. The van der Waals surface area contributed by atoms with Gasteiger partial charge in [0, 0.05) is 6.42 Å². The number of carbonyl (C=O) groups excluding carboxylic acids is 1. The fraction of sp³-hybridized carbons (Fsp3) is 0.962. The Labute approximate surface area is 270 Å². The van der Waals surface area contributed by atoms with Crippen molar-refractivity contribution in [2.75, 3.05) is 6.61 Å². The maximum atomic E-state index is 12.6. The summed E-state index contributed by atoms with van der Waals surface area (Å²) in [5.41, 5.74) is 0. The predicted octanol–water partition coefficient (Wildman–Crippen LogP) is 3.34. The molecule has 0 amide bonds. The zero-order valence-corrected chi connectivity index (χ0v) is 29.1. The number of carbonyl (C=O) groups is 1. The van der Waals surface area contributed by atoms with Gasteiger partial charge in [-0.3, -0.25) is 22.9 Å². The van der Waals surface area contributed by atoms with Gasteiger partial charge in [-0.2, -0.15) is 0 Å². The molecule has 0 bridgehead atoms. The van der Waals surface area contributed by atoms with E-state index >= 15 is 0 Å². The molecular weight excluding hydrogens is 677 g/mol. The number of hydrogen-bond acceptors (Lipinski definition) is 12. The van der Waals surface area contributed by atoms with E-state index in [1.54, 1.807) is 6.92 Å². The molecule has 20 heteroatoms. The molecule has 46 heavy (non-hydrogen) atoms. The van der Waals surface area contributed by atoms with E-state index < -0.39 is 78.8 Å². The van der Waals surface area contributed by atoms with E-state index in [0.717, 1.165) is 25.7 Å². The molecule has 0 radical (unpaired) electrons. The van der Waals surface area contributed by atoms with Crippen LogP contribution in [-0.4, -0.2) is 95.1 Å². The Morgan fingerprint density at radius 3 is 1.46 bits per heavy atom. The van der Waals surface area contributed by atoms with Crippen LogP contribution in [0.25, 0.3) is 0 Å². The van der Waals surface area contributed by atoms with Gasteiger partial charge in [0.05, 0.1) is 6.61 Å². The van der Waals surface area contributed by atoms with E-state index in [-0.39, 0.29) is 12.8 Å². The van der Waals surface area contributed by atoms with E-state index in [2.05, 4.69) is 16.0 Å². The largest absolute Gasteiger partial charge is 0.472 e. The van der Waals surface area contributed by atoms with Gasteiger partial charge in [-0.1, -0.05) is 90.9 Å². The van der Waals surface area contributed by atoms with Crippen LogP contribution in [0.15, 0.2) is 0 Å². The van der Waals surface area contributed by atoms with Gasteiger partial charge in [0.25, 0.3) is 0 Å². The van der Waals surface area contributed by atoms with Gasteiger partial charge in [0.2, 0.25) is 0 Å². The molecule has 1 rings (SSSR count). The molecule has 8 atom stereocenters. The molecule has 0 heterocycles. The standard InChI is InChI=1S/C26H53O17P3/c1-3-5-6-7-8-9-10-11-12-13-14-15-16-17-20(27)40-19(4-2)18-39-46(37,38)43-24-21(28)22(29)25(41-44(31,32)33)26(23(24)30)42-45(34,35)36/h19,21-26,28-30H,3-18H2,1-2H3,(H,37,38)(H2,31,32,33)(H2,34,35,36)/t19-,21?,22+,23-,24?,25?,26-/m1/s1. The second-order valence-electron chi connectivity index (χ2n) is 11.4. The van der Waals surface area contributed by atoms with Crippen LogP contribution in [0.1, 0.15) is 110 Å². The number of aliphatic hydroxyl groups is 3. The highest BCUT2D eigenvalue weighted by atomic mass is 31.2. The Hall–Kier alpha value is -0.320. The van der Waals surface area contributed by atoms with Crippen molar-refractivity contribution in [3.8, 4) is 0 Å². The molecule has 17 nitrogen and oxygen atoms in total. The van der Waals surface area contributed by atoms with E-state index in [1.165, 1.54) is 51.4 Å². The van der Waals surface area contributed by atoms with Gasteiger partial charge >= 0.3 is 29.4 Å². The molecule has 1 saturated carbocycles. The molecule has 274 valence electrons. The molecule has 1 aliphatic carbocycles. The van der Waals surface area contributed by atoms with Crippen LogP contribution in [0.2, 0.25) is 0 Å². The van der Waals surface area contributed by atoms with Crippen molar-refractivity contribution in [1.82, 2.24) is 0 Å². The number of ether oxygens (including phenoxy) is 1. The first-order chi connectivity index (χ1) is 21.4. The maximum absolute atomic E-state index is 12.6. The predicted molar refractivity (Wildman–Crippen MR) is 163 cm³/mol. The van der Waals surface area contributed by atoms with Gasteiger partial charge < -0.3 is 44.5 Å². The smallest absolute Gasteiger partial charge is 0.460 e. The lowest BCUT2D eigenvalue weighted by Gasteiger charge is -2.44. The Bertz CT molecular complexity index is 1000. The topological polar surface area (TPSA) is 276 Å². The van der Waals surface area contributed by atoms with Gasteiger partial charge in [0.15, 0.2) is 0 Å². The van der Waals surface area contributed by atoms with Crippen molar-refractivity contribution in [2.24, 2.45) is 0 Å². The normalized spacial score (nSPS) is 26.0. The Kier molecular flexibility index (Phi) is 20.6. The van der Waals surface area contributed by atoms with Crippen molar-refractivity contribution in [2.45, 2.75) is 153 Å². The summed E-state index contributed by atoms with van der Waals surface area (Å²) < 4.78 is 58.7. The van der Waals surface area contributed by atoms with Crippen LogP contribution in [-0.2, 0) is 41.3 Å². The highest BCUT2D eigenvalue weighted by Gasteiger charge is 2.56. The van der Waals surface area contributed by atoms with Gasteiger partial charge in [-0.25, -0.2) is 13.7 Å². The molecule has 0 spiro atoms. The molecule has 0 aromatic carbocycles. The van der Waals surface area contributed by atoms with Crippen molar-refractivity contribution in [1.29, 1.82) is 0 Å². The van der Waals surface area contributed by atoms with Crippen molar-refractivity contribution < 1.29 is 81.1 Å². The highest BCUT2D eigenvalue weighted by molar-refractivity contribution is 7.47. The average Bonchev–Trinajstić information content (AvgIpc) is 2.95. The quantitative estimate of drug-likeness (QED) is 0.0380. The van der Waals surface area contributed by atoms with Crippen LogP contribution >= 0.6 is 23.5 Å².